The molecule has 6 nitrogen and oxygen atoms in total. The minimum atomic E-state index is -0.368. The maximum atomic E-state index is 12.4. The van der Waals surface area contributed by atoms with E-state index >= 15 is 0 Å². The SMILES string of the molecule is NCC12CCN(c3c4c(c(C(N)=O)c5nc6ccccc6n35)CCC4)CC1C2. The maximum Gasteiger partial charge on any atom is 0.252 e. The lowest BCUT2D eigenvalue weighted by atomic mass is 9.94. The zero-order chi connectivity index (χ0) is 19.0. The molecule has 3 aromatic rings. The van der Waals surface area contributed by atoms with Gasteiger partial charge in [-0.15, -0.1) is 0 Å². The molecule has 1 aromatic carbocycles. The fraction of sp³-hybridized carbons (Fsp3) is 0.455. The molecule has 3 heterocycles. The van der Waals surface area contributed by atoms with Crippen LogP contribution < -0.4 is 16.4 Å². The Morgan fingerprint density at radius 1 is 1.25 bits per heavy atom. The summed E-state index contributed by atoms with van der Waals surface area (Å²) in [4.78, 5) is 19.8. The topological polar surface area (TPSA) is 89.6 Å². The molecule has 144 valence electrons. The van der Waals surface area contributed by atoms with Gasteiger partial charge in [-0.1, -0.05) is 12.1 Å². The minimum absolute atomic E-state index is 0.368. The van der Waals surface area contributed by atoms with Crippen LogP contribution in [-0.4, -0.2) is 34.9 Å². The zero-order valence-corrected chi connectivity index (χ0v) is 15.9. The molecule has 0 radical (unpaired) electrons. The van der Waals surface area contributed by atoms with E-state index < -0.39 is 0 Å². The number of primary amides is 1. The molecule has 0 bridgehead atoms. The fourth-order valence-electron chi connectivity index (χ4n) is 5.79. The number of imidazole rings is 1. The van der Waals surface area contributed by atoms with Gasteiger partial charge in [0.15, 0.2) is 5.65 Å². The van der Waals surface area contributed by atoms with Crippen LogP contribution in [0.2, 0.25) is 0 Å². The number of nitrogens with zero attached hydrogens (tertiary/aromatic N) is 3. The highest BCUT2D eigenvalue weighted by atomic mass is 16.1. The van der Waals surface area contributed by atoms with Crippen LogP contribution in [-0.2, 0) is 12.8 Å². The number of benzene rings is 1. The monoisotopic (exact) mass is 375 g/mol. The lowest BCUT2D eigenvalue weighted by molar-refractivity contribution is 0.100. The Hall–Kier alpha value is -2.60. The van der Waals surface area contributed by atoms with Crippen LogP contribution >= 0.6 is 0 Å². The first-order valence-corrected chi connectivity index (χ1v) is 10.3. The lowest BCUT2D eigenvalue weighted by Crippen LogP contribution is -2.39. The molecule has 2 fully saturated rings. The Morgan fingerprint density at radius 2 is 2.07 bits per heavy atom. The van der Waals surface area contributed by atoms with Crippen molar-refractivity contribution in [3.63, 3.8) is 0 Å². The first-order valence-electron chi connectivity index (χ1n) is 10.3. The first-order chi connectivity index (χ1) is 13.6. The van der Waals surface area contributed by atoms with Crippen LogP contribution in [0, 0.1) is 11.3 Å². The number of amides is 1. The van der Waals surface area contributed by atoms with Crippen molar-refractivity contribution in [2.75, 3.05) is 24.5 Å². The normalized spacial score (nSPS) is 25.9. The van der Waals surface area contributed by atoms with Crippen molar-refractivity contribution >= 4 is 28.4 Å². The van der Waals surface area contributed by atoms with Gasteiger partial charge in [-0.25, -0.2) is 4.98 Å². The highest BCUT2D eigenvalue weighted by molar-refractivity contribution is 6.03. The van der Waals surface area contributed by atoms with Crippen molar-refractivity contribution in [2.24, 2.45) is 22.8 Å². The third-order valence-corrected chi connectivity index (χ3v) is 7.42. The zero-order valence-electron chi connectivity index (χ0n) is 15.9. The summed E-state index contributed by atoms with van der Waals surface area (Å²) in [6.45, 7) is 2.85. The number of para-hydroxylation sites is 2. The summed E-state index contributed by atoms with van der Waals surface area (Å²) in [5.74, 6) is 1.55. The van der Waals surface area contributed by atoms with Gasteiger partial charge in [0.1, 0.15) is 5.82 Å². The minimum Gasteiger partial charge on any atom is -0.365 e. The van der Waals surface area contributed by atoms with Crippen molar-refractivity contribution < 1.29 is 4.79 Å². The number of pyridine rings is 1. The molecule has 6 heteroatoms. The summed E-state index contributed by atoms with van der Waals surface area (Å²) in [5.41, 5.74) is 18.0. The molecule has 2 aromatic heterocycles. The van der Waals surface area contributed by atoms with E-state index in [4.69, 9.17) is 16.5 Å². The van der Waals surface area contributed by atoms with Gasteiger partial charge >= 0.3 is 0 Å². The maximum absolute atomic E-state index is 12.4. The van der Waals surface area contributed by atoms with Crippen molar-refractivity contribution in [3.05, 3.63) is 41.0 Å². The number of carbonyl (C=O) groups excluding carboxylic acids is 1. The molecular weight excluding hydrogens is 350 g/mol. The predicted octanol–water partition coefficient (Wildman–Crippen LogP) is 2.25. The largest absolute Gasteiger partial charge is 0.365 e. The average Bonchev–Trinajstić information content (AvgIpc) is 3.02. The average molecular weight is 375 g/mol. The second-order valence-electron chi connectivity index (χ2n) is 8.80. The summed E-state index contributed by atoms with van der Waals surface area (Å²) in [5, 5.41) is 0. The number of anilines is 1. The van der Waals surface area contributed by atoms with Crippen LogP contribution in [0.5, 0.6) is 0 Å². The van der Waals surface area contributed by atoms with Crippen molar-refractivity contribution in [2.45, 2.75) is 32.1 Å². The van der Waals surface area contributed by atoms with Gasteiger partial charge in [-0.3, -0.25) is 9.20 Å². The summed E-state index contributed by atoms with van der Waals surface area (Å²) in [6, 6.07) is 8.13. The molecule has 1 saturated heterocycles. The van der Waals surface area contributed by atoms with E-state index in [2.05, 4.69) is 15.4 Å². The molecule has 2 aliphatic carbocycles. The van der Waals surface area contributed by atoms with E-state index in [0.717, 1.165) is 67.6 Å². The van der Waals surface area contributed by atoms with Crippen molar-refractivity contribution in [1.29, 1.82) is 0 Å². The van der Waals surface area contributed by atoms with Crippen molar-refractivity contribution in [1.82, 2.24) is 9.38 Å². The Balaban J connectivity index is 1.64. The summed E-state index contributed by atoms with van der Waals surface area (Å²) >= 11 is 0. The summed E-state index contributed by atoms with van der Waals surface area (Å²) < 4.78 is 2.21. The van der Waals surface area contributed by atoms with E-state index in [9.17, 15) is 4.79 Å². The number of aromatic nitrogens is 2. The van der Waals surface area contributed by atoms with Gasteiger partial charge in [0.2, 0.25) is 0 Å². The number of rotatable bonds is 3. The highest BCUT2D eigenvalue weighted by Crippen LogP contribution is 2.58. The lowest BCUT2D eigenvalue weighted by Gasteiger charge is -2.35. The number of nitrogens with two attached hydrogens (primary N) is 2. The summed E-state index contributed by atoms with van der Waals surface area (Å²) in [6.07, 6.45) is 5.36. The molecule has 1 saturated carbocycles. The predicted molar refractivity (Wildman–Crippen MR) is 110 cm³/mol. The van der Waals surface area contributed by atoms with E-state index in [-0.39, 0.29) is 5.91 Å². The molecule has 0 spiro atoms. The first kappa shape index (κ1) is 16.4. The van der Waals surface area contributed by atoms with E-state index in [1.54, 1.807) is 0 Å². The number of carbonyl (C=O) groups is 1. The smallest absolute Gasteiger partial charge is 0.252 e. The second kappa shape index (κ2) is 5.47. The second-order valence-corrected chi connectivity index (χ2v) is 8.80. The standard InChI is InChI=1S/C22H25N5O/c23-12-22-8-9-26(11-13(22)10-22)21-15-5-3-4-14(15)18(19(24)28)20-25-16-6-1-2-7-17(16)27(20)21/h1-2,6-7,13H,3-5,8-12,23H2,(H2,24,28). The number of hydrogen-bond acceptors (Lipinski definition) is 4. The van der Waals surface area contributed by atoms with E-state index in [0.29, 0.717) is 16.9 Å². The van der Waals surface area contributed by atoms with Crippen molar-refractivity contribution in [3.8, 4) is 0 Å². The fourth-order valence-corrected chi connectivity index (χ4v) is 5.79. The van der Waals surface area contributed by atoms with Gasteiger partial charge in [0, 0.05) is 13.1 Å². The van der Waals surface area contributed by atoms with Crippen LogP contribution in [0.25, 0.3) is 16.7 Å². The van der Waals surface area contributed by atoms with Gasteiger partial charge in [-0.2, -0.15) is 0 Å². The Labute approximate surface area is 163 Å². The molecule has 1 aliphatic heterocycles. The van der Waals surface area contributed by atoms with Gasteiger partial charge in [-0.05, 0) is 73.2 Å². The van der Waals surface area contributed by atoms with Crippen LogP contribution in [0.3, 0.4) is 0 Å². The van der Waals surface area contributed by atoms with E-state index in [1.807, 2.05) is 18.2 Å². The van der Waals surface area contributed by atoms with Gasteiger partial charge < -0.3 is 16.4 Å². The highest BCUT2D eigenvalue weighted by Gasteiger charge is 2.55. The molecule has 3 aliphatic rings. The molecule has 28 heavy (non-hydrogen) atoms. The Bertz CT molecular complexity index is 1150. The van der Waals surface area contributed by atoms with Crippen LogP contribution in [0.15, 0.2) is 24.3 Å². The Morgan fingerprint density at radius 3 is 2.86 bits per heavy atom. The van der Waals surface area contributed by atoms with Crippen LogP contribution in [0.1, 0.15) is 40.7 Å². The van der Waals surface area contributed by atoms with Gasteiger partial charge in [0.25, 0.3) is 5.91 Å². The molecule has 2 atom stereocenters. The van der Waals surface area contributed by atoms with Crippen LogP contribution in [0.4, 0.5) is 5.82 Å². The Kier molecular flexibility index (Phi) is 3.20. The third-order valence-electron chi connectivity index (χ3n) is 7.42. The quantitative estimate of drug-likeness (QED) is 0.735. The molecule has 2 unspecified atom stereocenters. The summed E-state index contributed by atoms with van der Waals surface area (Å²) in [7, 11) is 0. The van der Waals surface area contributed by atoms with Gasteiger partial charge in [0.05, 0.1) is 16.6 Å². The number of fused-ring (bicyclic) bond motifs is 5. The van der Waals surface area contributed by atoms with E-state index in [1.165, 1.54) is 17.8 Å². The third kappa shape index (κ3) is 2.01. The number of hydrogen-bond donors (Lipinski definition) is 2. The molecular formula is C22H25N5O. The molecule has 1 amide bonds. The molecule has 6 rings (SSSR count). The molecule has 4 N–H and O–H groups in total. The number of piperidine rings is 1.